The lowest BCUT2D eigenvalue weighted by atomic mass is 9.89. The molecule has 0 bridgehead atoms. The van der Waals surface area contributed by atoms with Crippen molar-refractivity contribution >= 4 is 43.3 Å². The van der Waals surface area contributed by atoms with Crippen LogP contribution in [0.15, 0.2) is 63.0 Å². The third-order valence-electron chi connectivity index (χ3n) is 4.71. The molecule has 2 N–H and O–H groups in total. The molecule has 8 heteroatoms. The van der Waals surface area contributed by atoms with Crippen molar-refractivity contribution in [2.75, 3.05) is 4.72 Å². The molecule has 3 rings (SSSR count). The van der Waals surface area contributed by atoms with E-state index in [1.807, 2.05) is 0 Å². The highest BCUT2D eigenvalue weighted by atomic mass is 79.9. The maximum absolute atomic E-state index is 12.4. The SMILES string of the molecule is CC1CCCC/C1=N\NC(=O)c1ccc(NS(=O)(=O)c2ccc(Br)cc2)cc1. The Bertz CT molecular complexity index is 971. The summed E-state index contributed by atoms with van der Waals surface area (Å²) in [6.45, 7) is 2.12. The van der Waals surface area contributed by atoms with Crippen LogP contribution in [0.4, 0.5) is 5.69 Å². The van der Waals surface area contributed by atoms with Crippen molar-refractivity contribution in [2.24, 2.45) is 11.0 Å². The molecule has 1 saturated carbocycles. The van der Waals surface area contributed by atoms with E-state index in [1.54, 1.807) is 36.4 Å². The summed E-state index contributed by atoms with van der Waals surface area (Å²) in [6, 6.07) is 12.6. The smallest absolute Gasteiger partial charge is 0.271 e. The number of nitrogens with one attached hydrogen (secondary N) is 2. The highest BCUT2D eigenvalue weighted by Crippen LogP contribution is 2.21. The van der Waals surface area contributed by atoms with Gasteiger partial charge in [0.1, 0.15) is 0 Å². The number of amides is 1. The Kier molecular flexibility index (Phi) is 6.51. The van der Waals surface area contributed by atoms with Crippen LogP contribution in [0.25, 0.3) is 0 Å². The third kappa shape index (κ3) is 5.20. The van der Waals surface area contributed by atoms with Gasteiger partial charge in [0.2, 0.25) is 0 Å². The molecule has 1 aliphatic carbocycles. The van der Waals surface area contributed by atoms with Crippen molar-refractivity contribution in [3.8, 4) is 0 Å². The second-order valence-corrected chi connectivity index (χ2v) is 9.43. The van der Waals surface area contributed by atoms with Gasteiger partial charge in [0.15, 0.2) is 0 Å². The molecular weight excluding hydrogens is 442 g/mol. The predicted molar refractivity (Wildman–Crippen MR) is 114 cm³/mol. The quantitative estimate of drug-likeness (QED) is 0.637. The summed E-state index contributed by atoms with van der Waals surface area (Å²) in [5.74, 6) is 0.0806. The Morgan fingerprint density at radius 1 is 1.07 bits per heavy atom. The van der Waals surface area contributed by atoms with E-state index in [4.69, 9.17) is 0 Å². The first-order valence-corrected chi connectivity index (χ1v) is 11.4. The van der Waals surface area contributed by atoms with Crippen LogP contribution in [-0.4, -0.2) is 20.0 Å². The van der Waals surface area contributed by atoms with Crippen molar-refractivity contribution in [3.63, 3.8) is 0 Å². The van der Waals surface area contributed by atoms with Crippen molar-refractivity contribution < 1.29 is 13.2 Å². The third-order valence-corrected chi connectivity index (χ3v) is 6.64. The molecule has 2 aromatic rings. The summed E-state index contributed by atoms with van der Waals surface area (Å²) < 4.78 is 28.1. The molecule has 1 aliphatic rings. The second-order valence-electron chi connectivity index (χ2n) is 6.83. The molecule has 6 nitrogen and oxygen atoms in total. The van der Waals surface area contributed by atoms with Gasteiger partial charge in [-0.25, -0.2) is 13.8 Å². The number of carbonyl (C=O) groups is 1. The lowest BCUT2D eigenvalue weighted by Crippen LogP contribution is -2.24. The topological polar surface area (TPSA) is 87.6 Å². The van der Waals surface area contributed by atoms with Crippen LogP contribution < -0.4 is 10.1 Å². The van der Waals surface area contributed by atoms with Gasteiger partial charge in [-0.05, 0) is 73.7 Å². The zero-order chi connectivity index (χ0) is 20.1. The molecule has 148 valence electrons. The number of benzene rings is 2. The van der Waals surface area contributed by atoms with Crippen molar-refractivity contribution in [1.82, 2.24) is 5.43 Å². The van der Waals surface area contributed by atoms with E-state index in [-0.39, 0.29) is 10.8 Å². The Balaban J connectivity index is 1.65. The van der Waals surface area contributed by atoms with E-state index in [1.165, 1.54) is 18.6 Å². The molecule has 1 unspecified atom stereocenters. The molecule has 0 heterocycles. The lowest BCUT2D eigenvalue weighted by Gasteiger charge is -2.19. The fourth-order valence-electron chi connectivity index (χ4n) is 3.04. The van der Waals surface area contributed by atoms with E-state index in [0.717, 1.165) is 29.4 Å². The molecule has 2 aromatic carbocycles. The van der Waals surface area contributed by atoms with Gasteiger partial charge >= 0.3 is 0 Å². The average molecular weight is 464 g/mol. The Morgan fingerprint density at radius 2 is 1.75 bits per heavy atom. The average Bonchev–Trinajstić information content (AvgIpc) is 2.68. The molecule has 1 atom stereocenters. The molecule has 0 radical (unpaired) electrons. The van der Waals surface area contributed by atoms with E-state index >= 15 is 0 Å². The summed E-state index contributed by atoms with van der Waals surface area (Å²) in [4.78, 5) is 12.4. The Hall–Kier alpha value is -2.19. The first-order chi connectivity index (χ1) is 13.3. The van der Waals surface area contributed by atoms with E-state index in [2.05, 4.69) is 38.1 Å². The zero-order valence-electron chi connectivity index (χ0n) is 15.5. The zero-order valence-corrected chi connectivity index (χ0v) is 17.9. The molecule has 1 amide bonds. The highest BCUT2D eigenvalue weighted by molar-refractivity contribution is 9.10. The van der Waals surface area contributed by atoms with Crippen LogP contribution in [0.3, 0.4) is 0 Å². The van der Waals surface area contributed by atoms with Gasteiger partial charge in [-0.3, -0.25) is 9.52 Å². The van der Waals surface area contributed by atoms with Crippen LogP contribution in [0.5, 0.6) is 0 Å². The molecule has 0 spiro atoms. The van der Waals surface area contributed by atoms with Gasteiger partial charge < -0.3 is 0 Å². The van der Waals surface area contributed by atoms with Crippen LogP contribution in [-0.2, 0) is 10.0 Å². The summed E-state index contributed by atoms with van der Waals surface area (Å²) in [6.07, 6.45) is 4.32. The number of carbonyl (C=O) groups excluding carboxylic acids is 1. The molecular formula is C20H22BrN3O3S. The second kappa shape index (κ2) is 8.87. The molecule has 1 fully saturated rings. The van der Waals surface area contributed by atoms with Crippen LogP contribution >= 0.6 is 15.9 Å². The van der Waals surface area contributed by atoms with Gasteiger partial charge in [0.05, 0.1) is 4.90 Å². The lowest BCUT2D eigenvalue weighted by molar-refractivity contribution is 0.0954. The number of anilines is 1. The van der Waals surface area contributed by atoms with Crippen molar-refractivity contribution in [1.29, 1.82) is 0 Å². The van der Waals surface area contributed by atoms with Crippen LogP contribution in [0, 0.1) is 5.92 Å². The fourth-order valence-corrected chi connectivity index (χ4v) is 4.36. The normalized spacial score (nSPS) is 18.6. The minimum absolute atomic E-state index is 0.162. The summed E-state index contributed by atoms with van der Waals surface area (Å²) in [7, 11) is -3.69. The number of sulfonamides is 1. The number of hydrogen-bond donors (Lipinski definition) is 2. The summed E-state index contributed by atoms with van der Waals surface area (Å²) in [5.41, 5.74) is 4.43. The summed E-state index contributed by atoms with van der Waals surface area (Å²) >= 11 is 3.28. The van der Waals surface area contributed by atoms with Crippen LogP contribution in [0.2, 0.25) is 0 Å². The fraction of sp³-hybridized carbons (Fsp3) is 0.300. The highest BCUT2D eigenvalue weighted by Gasteiger charge is 2.17. The number of rotatable bonds is 5. The molecule has 28 heavy (non-hydrogen) atoms. The van der Waals surface area contributed by atoms with Gasteiger partial charge in [-0.2, -0.15) is 5.10 Å². The summed E-state index contributed by atoms with van der Waals surface area (Å²) in [5, 5.41) is 4.27. The maximum atomic E-state index is 12.4. The first-order valence-electron chi connectivity index (χ1n) is 9.10. The monoisotopic (exact) mass is 463 g/mol. The minimum Gasteiger partial charge on any atom is -0.280 e. The van der Waals surface area contributed by atoms with Crippen LogP contribution in [0.1, 0.15) is 43.0 Å². The molecule has 0 aliphatic heterocycles. The Labute approximate surface area is 173 Å². The van der Waals surface area contributed by atoms with Gasteiger partial charge in [0, 0.05) is 21.4 Å². The van der Waals surface area contributed by atoms with E-state index in [0.29, 0.717) is 17.2 Å². The van der Waals surface area contributed by atoms with E-state index < -0.39 is 10.0 Å². The standard InChI is InChI=1S/C20H22BrN3O3S/c1-14-4-2-3-5-19(14)22-23-20(25)15-6-10-17(11-7-15)24-28(26,27)18-12-8-16(21)9-13-18/h6-14,24H,2-5H2,1H3,(H,23,25)/b22-19+. The first kappa shape index (κ1) is 20.5. The maximum Gasteiger partial charge on any atom is 0.271 e. The van der Waals surface area contributed by atoms with Crippen molar-refractivity contribution in [2.45, 2.75) is 37.5 Å². The Morgan fingerprint density at radius 3 is 2.39 bits per heavy atom. The minimum atomic E-state index is -3.69. The number of hydrogen-bond acceptors (Lipinski definition) is 4. The van der Waals surface area contributed by atoms with Crippen molar-refractivity contribution in [3.05, 3.63) is 58.6 Å². The largest absolute Gasteiger partial charge is 0.280 e. The molecule has 0 saturated heterocycles. The molecule has 0 aromatic heterocycles. The number of hydrazone groups is 1. The van der Waals surface area contributed by atoms with E-state index in [9.17, 15) is 13.2 Å². The van der Waals surface area contributed by atoms with Gasteiger partial charge in [-0.1, -0.05) is 29.3 Å². The van der Waals surface area contributed by atoms with Gasteiger partial charge in [-0.15, -0.1) is 0 Å². The predicted octanol–water partition coefficient (Wildman–Crippen LogP) is 4.55. The number of nitrogens with zero attached hydrogens (tertiary/aromatic N) is 1. The van der Waals surface area contributed by atoms with Gasteiger partial charge in [0.25, 0.3) is 15.9 Å². The number of halogens is 1.